The molecule has 2 rings (SSSR count). The number of aromatic nitrogens is 2. The molecule has 13 heavy (non-hydrogen) atoms. The lowest BCUT2D eigenvalue weighted by molar-refractivity contribution is 0.511. The molecule has 72 valence electrons. The van der Waals surface area contributed by atoms with Crippen molar-refractivity contribution in [2.75, 3.05) is 4.72 Å². The van der Waals surface area contributed by atoms with E-state index in [9.17, 15) is 8.42 Å². The van der Waals surface area contributed by atoms with Crippen LogP contribution in [-0.4, -0.2) is 18.6 Å². The van der Waals surface area contributed by atoms with E-state index < -0.39 is 10.2 Å². The molecule has 0 atom stereocenters. The average Bonchev–Trinajstić information content (AvgIpc) is 2.72. The van der Waals surface area contributed by atoms with Gasteiger partial charge >= 0.3 is 6.01 Å². The normalized spacial score (nSPS) is 17.3. The lowest BCUT2D eigenvalue weighted by atomic mass is 10.4. The molecule has 3 N–H and O–H groups in total. The summed E-state index contributed by atoms with van der Waals surface area (Å²) in [5.41, 5.74) is 0. The van der Waals surface area contributed by atoms with Gasteiger partial charge in [0.05, 0.1) is 0 Å². The van der Waals surface area contributed by atoms with E-state index >= 15 is 0 Å². The van der Waals surface area contributed by atoms with E-state index in [0.29, 0.717) is 11.8 Å². The molecule has 0 radical (unpaired) electrons. The third-order valence-corrected chi connectivity index (χ3v) is 2.06. The van der Waals surface area contributed by atoms with Crippen molar-refractivity contribution in [3.05, 3.63) is 5.89 Å². The molecule has 1 saturated carbocycles. The Hall–Kier alpha value is -1.15. The van der Waals surface area contributed by atoms with E-state index in [2.05, 4.69) is 10.2 Å². The van der Waals surface area contributed by atoms with Crippen molar-refractivity contribution in [2.24, 2.45) is 5.14 Å². The van der Waals surface area contributed by atoms with Crippen molar-refractivity contribution in [3.63, 3.8) is 0 Å². The molecule has 1 fully saturated rings. The molecular weight excluding hydrogens is 196 g/mol. The number of nitrogens with zero attached hydrogens (tertiary/aromatic N) is 2. The minimum Gasteiger partial charge on any atom is -0.407 e. The van der Waals surface area contributed by atoms with Gasteiger partial charge in [-0.1, -0.05) is 5.10 Å². The fourth-order valence-corrected chi connectivity index (χ4v) is 1.22. The highest BCUT2D eigenvalue weighted by Gasteiger charge is 2.29. The Labute approximate surface area is 74.5 Å². The number of nitrogens with two attached hydrogens (primary N) is 1. The summed E-state index contributed by atoms with van der Waals surface area (Å²) in [6.07, 6.45) is 2.02. The highest BCUT2D eigenvalue weighted by molar-refractivity contribution is 7.90. The first-order valence-corrected chi connectivity index (χ1v) is 5.23. The number of anilines is 1. The van der Waals surface area contributed by atoms with Gasteiger partial charge in [-0.15, -0.1) is 5.10 Å². The van der Waals surface area contributed by atoms with Crippen LogP contribution >= 0.6 is 0 Å². The van der Waals surface area contributed by atoms with Crippen molar-refractivity contribution in [2.45, 2.75) is 18.8 Å². The number of hydrogen-bond donors (Lipinski definition) is 2. The molecule has 0 saturated heterocycles. The van der Waals surface area contributed by atoms with Gasteiger partial charge in [0.1, 0.15) is 0 Å². The Morgan fingerprint density at radius 1 is 1.46 bits per heavy atom. The van der Waals surface area contributed by atoms with Crippen LogP contribution in [0.1, 0.15) is 24.7 Å². The molecule has 1 aromatic rings. The van der Waals surface area contributed by atoms with E-state index in [1.807, 2.05) is 4.72 Å². The smallest absolute Gasteiger partial charge is 0.330 e. The van der Waals surface area contributed by atoms with Crippen LogP contribution in [0.4, 0.5) is 6.01 Å². The van der Waals surface area contributed by atoms with E-state index in [1.54, 1.807) is 0 Å². The summed E-state index contributed by atoms with van der Waals surface area (Å²) >= 11 is 0. The van der Waals surface area contributed by atoms with Crippen LogP contribution in [0.25, 0.3) is 0 Å². The van der Waals surface area contributed by atoms with Crippen LogP contribution in [0, 0.1) is 0 Å². The second-order valence-corrected chi connectivity index (χ2v) is 4.16. The van der Waals surface area contributed by atoms with E-state index in [1.165, 1.54) is 0 Å². The minimum atomic E-state index is -3.82. The van der Waals surface area contributed by atoms with Gasteiger partial charge in [0.2, 0.25) is 5.89 Å². The van der Waals surface area contributed by atoms with E-state index in [-0.39, 0.29) is 6.01 Å². The summed E-state index contributed by atoms with van der Waals surface area (Å²) in [4.78, 5) is 0. The molecule has 8 heteroatoms. The molecule has 1 aliphatic rings. The van der Waals surface area contributed by atoms with Gasteiger partial charge in [-0.25, -0.2) is 9.86 Å². The topological polar surface area (TPSA) is 111 Å². The third-order valence-electron chi connectivity index (χ3n) is 1.60. The van der Waals surface area contributed by atoms with Gasteiger partial charge in [-0.05, 0) is 12.8 Å². The second kappa shape index (κ2) is 2.67. The largest absolute Gasteiger partial charge is 0.407 e. The van der Waals surface area contributed by atoms with Crippen molar-refractivity contribution < 1.29 is 12.8 Å². The zero-order chi connectivity index (χ0) is 9.47. The van der Waals surface area contributed by atoms with Gasteiger partial charge < -0.3 is 4.42 Å². The Balaban J connectivity index is 2.13. The lowest BCUT2D eigenvalue weighted by Crippen LogP contribution is -2.21. The Morgan fingerprint density at radius 2 is 2.15 bits per heavy atom. The van der Waals surface area contributed by atoms with Crippen LogP contribution in [0.15, 0.2) is 4.42 Å². The van der Waals surface area contributed by atoms with Crippen LogP contribution < -0.4 is 9.86 Å². The summed E-state index contributed by atoms with van der Waals surface area (Å²) < 4.78 is 28.0. The van der Waals surface area contributed by atoms with Crippen LogP contribution in [0.2, 0.25) is 0 Å². The first kappa shape index (κ1) is 8.45. The first-order valence-electron chi connectivity index (χ1n) is 3.68. The lowest BCUT2D eigenvalue weighted by Gasteiger charge is -1.93. The van der Waals surface area contributed by atoms with Gasteiger partial charge in [0, 0.05) is 5.92 Å². The van der Waals surface area contributed by atoms with Gasteiger partial charge in [-0.2, -0.15) is 8.42 Å². The summed E-state index contributed by atoms with van der Waals surface area (Å²) in [6.45, 7) is 0. The Kier molecular flexibility index (Phi) is 1.74. The number of rotatable bonds is 3. The van der Waals surface area contributed by atoms with Crippen LogP contribution in [-0.2, 0) is 10.2 Å². The molecule has 0 bridgehead atoms. The average molecular weight is 204 g/mol. The fourth-order valence-electron chi connectivity index (χ4n) is 0.893. The maximum absolute atomic E-state index is 10.5. The van der Waals surface area contributed by atoms with Crippen molar-refractivity contribution in [3.8, 4) is 0 Å². The molecular formula is C5H8N4O3S. The number of hydrogen-bond acceptors (Lipinski definition) is 5. The van der Waals surface area contributed by atoms with Gasteiger partial charge in [-0.3, -0.25) is 0 Å². The molecule has 1 aromatic heterocycles. The van der Waals surface area contributed by atoms with Gasteiger partial charge in [0.25, 0.3) is 10.2 Å². The van der Waals surface area contributed by atoms with Gasteiger partial charge in [0.15, 0.2) is 0 Å². The standard InChI is InChI=1S/C5H8N4O3S/c6-13(10,11)9-5-8-7-4(12-5)3-1-2-3/h3H,1-2H2,(H,8,9)(H2,6,10,11). The Bertz CT molecular complexity index is 407. The SMILES string of the molecule is NS(=O)(=O)Nc1nnc(C2CC2)o1. The maximum atomic E-state index is 10.5. The Morgan fingerprint density at radius 3 is 2.69 bits per heavy atom. The number of nitrogens with one attached hydrogen (secondary N) is 1. The van der Waals surface area contributed by atoms with E-state index in [0.717, 1.165) is 12.8 Å². The third kappa shape index (κ3) is 2.16. The zero-order valence-electron chi connectivity index (χ0n) is 6.60. The molecule has 0 unspecified atom stereocenters. The fraction of sp³-hybridized carbons (Fsp3) is 0.600. The van der Waals surface area contributed by atoms with E-state index in [4.69, 9.17) is 9.56 Å². The molecule has 7 nitrogen and oxygen atoms in total. The van der Waals surface area contributed by atoms with Crippen LogP contribution in [0.5, 0.6) is 0 Å². The summed E-state index contributed by atoms with van der Waals surface area (Å²) in [5.74, 6) is 0.759. The maximum Gasteiger partial charge on any atom is 0.330 e. The van der Waals surface area contributed by atoms with Crippen LogP contribution in [0.3, 0.4) is 0 Å². The zero-order valence-corrected chi connectivity index (χ0v) is 7.41. The highest BCUT2D eigenvalue weighted by atomic mass is 32.2. The molecule has 1 aliphatic carbocycles. The van der Waals surface area contributed by atoms with Crippen molar-refractivity contribution >= 4 is 16.2 Å². The predicted molar refractivity (Wildman–Crippen MR) is 43.0 cm³/mol. The molecule has 0 aliphatic heterocycles. The molecule has 0 spiro atoms. The molecule has 0 aromatic carbocycles. The second-order valence-electron chi connectivity index (χ2n) is 2.87. The summed E-state index contributed by atoms with van der Waals surface area (Å²) in [6, 6.07) is -0.176. The minimum absolute atomic E-state index is 0.176. The molecule has 0 amide bonds. The monoisotopic (exact) mass is 204 g/mol. The molecule has 1 heterocycles. The highest BCUT2D eigenvalue weighted by Crippen LogP contribution is 2.39. The van der Waals surface area contributed by atoms with Crippen molar-refractivity contribution in [1.82, 2.24) is 10.2 Å². The first-order chi connectivity index (χ1) is 6.04. The van der Waals surface area contributed by atoms with Crippen molar-refractivity contribution in [1.29, 1.82) is 0 Å². The summed E-state index contributed by atoms with van der Waals surface area (Å²) in [5, 5.41) is 11.8. The quantitative estimate of drug-likeness (QED) is 0.693. The summed E-state index contributed by atoms with van der Waals surface area (Å²) in [7, 11) is -3.82. The predicted octanol–water partition coefficient (Wildman–Crippen LogP) is -0.438.